The average molecular weight is 422 g/mol. The van der Waals surface area contributed by atoms with Gasteiger partial charge in [-0.2, -0.15) is 0 Å². The second kappa shape index (κ2) is 9.35. The Morgan fingerprint density at radius 3 is 2.61 bits per heavy atom. The van der Waals surface area contributed by atoms with Crippen molar-refractivity contribution in [3.63, 3.8) is 0 Å². The lowest BCUT2D eigenvalue weighted by atomic mass is 10.0. The lowest BCUT2D eigenvalue weighted by Crippen LogP contribution is -2.43. The Morgan fingerprint density at radius 1 is 1.03 bits per heavy atom. The molecule has 160 valence electrons. The fourth-order valence-corrected chi connectivity index (χ4v) is 3.86. The van der Waals surface area contributed by atoms with E-state index in [4.69, 9.17) is 4.74 Å². The van der Waals surface area contributed by atoms with Crippen LogP contribution in [0.15, 0.2) is 60.7 Å². The van der Waals surface area contributed by atoms with E-state index in [1.807, 2.05) is 25.1 Å². The molecule has 2 aromatic carbocycles. The average Bonchev–Trinajstić information content (AvgIpc) is 2.75. The van der Waals surface area contributed by atoms with Crippen LogP contribution in [0.2, 0.25) is 0 Å². The highest BCUT2D eigenvalue weighted by Gasteiger charge is 2.26. The molecule has 0 saturated carbocycles. The Bertz CT molecular complexity index is 1070. The van der Waals surface area contributed by atoms with Gasteiger partial charge in [-0.25, -0.2) is 8.78 Å². The van der Waals surface area contributed by atoms with Gasteiger partial charge in [0, 0.05) is 12.2 Å². The number of benzene rings is 2. The summed E-state index contributed by atoms with van der Waals surface area (Å²) in [7, 11) is 0. The van der Waals surface area contributed by atoms with Crippen LogP contribution in [0.3, 0.4) is 0 Å². The molecule has 1 atom stereocenters. The number of nitrogens with zero attached hydrogens (tertiary/aromatic N) is 2. The molecule has 3 aromatic rings. The first-order chi connectivity index (χ1) is 15.0. The zero-order chi connectivity index (χ0) is 21.8. The maximum absolute atomic E-state index is 13.5. The summed E-state index contributed by atoms with van der Waals surface area (Å²) in [5.74, 6) is -0.593. The van der Waals surface area contributed by atoms with E-state index < -0.39 is 0 Å². The number of hydrogen-bond donors (Lipinski definition) is 0. The van der Waals surface area contributed by atoms with E-state index in [9.17, 15) is 13.6 Å². The normalized spacial score (nSPS) is 16.4. The largest absolute Gasteiger partial charge is 0.368 e. The number of amides is 1. The first-order valence-corrected chi connectivity index (χ1v) is 10.3. The Hall–Kier alpha value is -3.12. The van der Waals surface area contributed by atoms with E-state index in [0.717, 1.165) is 28.1 Å². The molecule has 0 aliphatic carbocycles. The summed E-state index contributed by atoms with van der Waals surface area (Å²) < 4.78 is 32.6. The van der Waals surface area contributed by atoms with Crippen molar-refractivity contribution in [3.05, 3.63) is 100 Å². The van der Waals surface area contributed by atoms with Crippen LogP contribution in [0.5, 0.6) is 0 Å². The summed E-state index contributed by atoms with van der Waals surface area (Å²) in [6, 6.07) is 16.5. The van der Waals surface area contributed by atoms with Crippen molar-refractivity contribution in [1.82, 2.24) is 9.88 Å². The van der Waals surface area contributed by atoms with Gasteiger partial charge in [0.1, 0.15) is 17.7 Å². The minimum atomic E-state index is -0.322. The molecule has 1 amide bonds. The van der Waals surface area contributed by atoms with Gasteiger partial charge in [-0.1, -0.05) is 24.3 Å². The first-order valence-electron chi connectivity index (χ1n) is 10.3. The van der Waals surface area contributed by atoms with Gasteiger partial charge in [-0.15, -0.1) is 0 Å². The smallest absolute Gasteiger partial charge is 0.227 e. The number of carbonyl (C=O) groups excluding carboxylic acids is 1. The Morgan fingerprint density at radius 2 is 1.84 bits per heavy atom. The number of carbonyl (C=O) groups is 1. The van der Waals surface area contributed by atoms with Crippen molar-refractivity contribution in [2.75, 3.05) is 19.7 Å². The number of pyridine rings is 1. The number of aryl methyl sites for hydroxylation is 1. The summed E-state index contributed by atoms with van der Waals surface area (Å²) in [6.07, 6.45) is 0.490. The SMILES string of the molecule is Cc1cc(Cc2cccc(F)c2)cc([C@@H]2CN(C(=O)Cc3ccc(F)cc3)CCO2)n1. The van der Waals surface area contributed by atoms with Gasteiger partial charge in [0.25, 0.3) is 0 Å². The monoisotopic (exact) mass is 422 g/mol. The van der Waals surface area contributed by atoms with E-state index in [0.29, 0.717) is 26.1 Å². The molecule has 0 spiro atoms. The van der Waals surface area contributed by atoms with Crippen molar-refractivity contribution < 1.29 is 18.3 Å². The molecular weight excluding hydrogens is 398 g/mol. The van der Waals surface area contributed by atoms with Crippen LogP contribution >= 0.6 is 0 Å². The Balaban J connectivity index is 1.46. The van der Waals surface area contributed by atoms with Gasteiger partial charge < -0.3 is 9.64 Å². The van der Waals surface area contributed by atoms with Gasteiger partial charge in [-0.3, -0.25) is 9.78 Å². The lowest BCUT2D eigenvalue weighted by molar-refractivity contribution is -0.138. The summed E-state index contributed by atoms with van der Waals surface area (Å²) in [5.41, 5.74) is 4.30. The number of hydrogen-bond acceptors (Lipinski definition) is 3. The van der Waals surface area contributed by atoms with Crippen molar-refractivity contribution in [3.8, 4) is 0 Å². The fraction of sp³-hybridized carbons (Fsp3) is 0.280. The second-order valence-corrected chi connectivity index (χ2v) is 7.85. The molecule has 0 N–H and O–H groups in total. The molecule has 1 aliphatic heterocycles. The molecule has 1 aliphatic rings. The van der Waals surface area contributed by atoms with Crippen LogP contribution in [-0.4, -0.2) is 35.5 Å². The van der Waals surface area contributed by atoms with Crippen LogP contribution in [0.25, 0.3) is 0 Å². The van der Waals surface area contributed by atoms with Crippen molar-refractivity contribution >= 4 is 5.91 Å². The number of rotatable bonds is 5. The van der Waals surface area contributed by atoms with E-state index >= 15 is 0 Å². The van der Waals surface area contributed by atoms with Gasteiger partial charge in [0.05, 0.1) is 25.3 Å². The first kappa shape index (κ1) is 21.1. The molecule has 2 heterocycles. The van der Waals surface area contributed by atoms with Crippen molar-refractivity contribution in [1.29, 1.82) is 0 Å². The van der Waals surface area contributed by atoms with Gasteiger partial charge in [-0.05, 0) is 66.4 Å². The molecule has 1 aromatic heterocycles. The maximum atomic E-state index is 13.5. The molecule has 31 heavy (non-hydrogen) atoms. The number of aromatic nitrogens is 1. The highest BCUT2D eigenvalue weighted by atomic mass is 19.1. The highest BCUT2D eigenvalue weighted by molar-refractivity contribution is 5.78. The zero-order valence-electron chi connectivity index (χ0n) is 17.4. The van der Waals surface area contributed by atoms with Crippen molar-refractivity contribution in [2.24, 2.45) is 0 Å². The summed E-state index contributed by atoms with van der Waals surface area (Å²) >= 11 is 0. The third-order valence-corrected chi connectivity index (χ3v) is 5.35. The van der Waals surface area contributed by atoms with E-state index in [1.165, 1.54) is 24.3 Å². The van der Waals surface area contributed by atoms with E-state index in [1.54, 1.807) is 23.1 Å². The van der Waals surface area contributed by atoms with Gasteiger partial charge >= 0.3 is 0 Å². The highest BCUT2D eigenvalue weighted by Crippen LogP contribution is 2.24. The molecular formula is C25H24F2N2O2. The zero-order valence-corrected chi connectivity index (χ0v) is 17.4. The van der Waals surface area contributed by atoms with Crippen LogP contribution in [0.4, 0.5) is 8.78 Å². The molecule has 4 rings (SSSR count). The summed E-state index contributed by atoms with van der Waals surface area (Å²) in [5, 5.41) is 0. The number of ether oxygens (including phenoxy) is 1. The van der Waals surface area contributed by atoms with Crippen molar-refractivity contribution in [2.45, 2.75) is 25.9 Å². The third-order valence-electron chi connectivity index (χ3n) is 5.35. The molecule has 0 bridgehead atoms. The number of morpholine rings is 1. The molecule has 0 radical (unpaired) electrons. The molecule has 1 fully saturated rings. The predicted molar refractivity (Wildman–Crippen MR) is 114 cm³/mol. The van der Waals surface area contributed by atoms with E-state index in [-0.39, 0.29) is 30.1 Å². The summed E-state index contributed by atoms with van der Waals surface area (Å²) in [4.78, 5) is 19.2. The van der Waals surface area contributed by atoms with Crippen LogP contribution in [0.1, 0.15) is 34.2 Å². The molecule has 4 nitrogen and oxygen atoms in total. The third kappa shape index (κ3) is 5.52. The van der Waals surface area contributed by atoms with Crippen LogP contribution < -0.4 is 0 Å². The predicted octanol–water partition coefficient (Wildman–Crippen LogP) is 4.40. The molecule has 0 unspecified atom stereocenters. The van der Waals surface area contributed by atoms with E-state index in [2.05, 4.69) is 4.98 Å². The van der Waals surface area contributed by atoms with Gasteiger partial charge in [0.15, 0.2) is 0 Å². The standard InChI is InChI=1S/C25H24F2N2O2/c1-17-11-20(12-19-3-2-4-22(27)13-19)14-23(28-17)24-16-29(9-10-31-24)25(30)15-18-5-7-21(26)8-6-18/h2-8,11,13-14,24H,9-10,12,15-16H2,1H3/t24-/m0/s1. The second-order valence-electron chi connectivity index (χ2n) is 7.85. The molecule has 1 saturated heterocycles. The topological polar surface area (TPSA) is 42.4 Å². The Kier molecular flexibility index (Phi) is 6.37. The lowest BCUT2D eigenvalue weighted by Gasteiger charge is -2.33. The van der Waals surface area contributed by atoms with Crippen LogP contribution in [0, 0.1) is 18.6 Å². The Labute approximate surface area is 180 Å². The number of halogens is 2. The fourth-order valence-electron chi connectivity index (χ4n) is 3.86. The molecule has 6 heteroatoms. The quantitative estimate of drug-likeness (QED) is 0.612. The minimum absolute atomic E-state index is 0.0208. The maximum Gasteiger partial charge on any atom is 0.227 e. The minimum Gasteiger partial charge on any atom is -0.368 e. The summed E-state index contributed by atoms with van der Waals surface area (Å²) in [6.45, 7) is 3.27. The van der Waals surface area contributed by atoms with Gasteiger partial charge in [0.2, 0.25) is 5.91 Å². The van der Waals surface area contributed by atoms with Crippen LogP contribution in [-0.2, 0) is 22.4 Å².